The molecule has 1 fully saturated rings. The van der Waals surface area contributed by atoms with Crippen LogP contribution in [0.25, 0.3) is 0 Å². The lowest BCUT2D eigenvalue weighted by Gasteiger charge is -2.12. The van der Waals surface area contributed by atoms with Gasteiger partial charge in [0.05, 0.1) is 0 Å². The van der Waals surface area contributed by atoms with Crippen molar-refractivity contribution in [1.82, 2.24) is 5.32 Å². The van der Waals surface area contributed by atoms with Gasteiger partial charge in [-0.3, -0.25) is 4.79 Å². The molecule has 0 unspecified atom stereocenters. The number of carboxylic acid groups (broad SMARTS) is 1. The highest BCUT2D eigenvalue weighted by Gasteiger charge is 2.34. The van der Waals surface area contributed by atoms with Gasteiger partial charge in [0.1, 0.15) is 11.9 Å². The Morgan fingerprint density at radius 2 is 2.09 bits per heavy atom. The van der Waals surface area contributed by atoms with E-state index < -0.39 is 30.7 Å². The van der Waals surface area contributed by atoms with Crippen LogP contribution in [0.5, 0.6) is 5.75 Å². The number of halogens is 2. The van der Waals surface area contributed by atoms with E-state index in [2.05, 4.69) is 10.1 Å². The average molecular weight is 315 g/mol. The first-order valence-electron chi connectivity index (χ1n) is 6.65. The molecule has 1 aliphatic heterocycles. The van der Waals surface area contributed by atoms with Gasteiger partial charge in [-0.25, -0.2) is 4.79 Å². The number of hydrogen-bond donors (Lipinski definition) is 2. The van der Waals surface area contributed by atoms with Crippen LogP contribution in [0, 0.1) is 0 Å². The van der Waals surface area contributed by atoms with Crippen LogP contribution < -0.4 is 10.1 Å². The van der Waals surface area contributed by atoms with Crippen LogP contribution in [0.4, 0.5) is 8.78 Å². The number of ether oxygens (including phenoxy) is 2. The minimum Gasteiger partial charge on any atom is -0.479 e. The molecule has 0 radical (unpaired) electrons. The standard InChI is InChI=1S/C14H15F2NO5/c15-14(16)21-9-3-1-2-8(6-9)7-17-12(18)10-4-5-11(22-10)13(19)20/h1-3,6,10-11,14H,4-5,7H2,(H,17,18)(H,19,20)/t10-,11+/m0/s1. The zero-order chi connectivity index (χ0) is 16.1. The van der Waals surface area contributed by atoms with Crippen molar-refractivity contribution < 1.29 is 33.0 Å². The van der Waals surface area contributed by atoms with Crippen molar-refractivity contribution in [2.45, 2.75) is 38.2 Å². The van der Waals surface area contributed by atoms with Gasteiger partial charge in [-0.1, -0.05) is 12.1 Å². The van der Waals surface area contributed by atoms with Gasteiger partial charge in [0.2, 0.25) is 5.91 Å². The van der Waals surface area contributed by atoms with Crippen LogP contribution in [0.1, 0.15) is 18.4 Å². The lowest BCUT2D eigenvalue weighted by Crippen LogP contribution is -2.35. The van der Waals surface area contributed by atoms with Crippen LogP contribution in [0.3, 0.4) is 0 Å². The Morgan fingerprint density at radius 3 is 2.73 bits per heavy atom. The van der Waals surface area contributed by atoms with E-state index >= 15 is 0 Å². The van der Waals surface area contributed by atoms with Crippen LogP contribution in [-0.2, 0) is 20.9 Å². The number of carbonyl (C=O) groups excluding carboxylic acids is 1. The molecule has 0 aromatic heterocycles. The van der Waals surface area contributed by atoms with E-state index in [-0.39, 0.29) is 18.7 Å². The summed E-state index contributed by atoms with van der Waals surface area (Å²) >= 11 is 0. The van der Waals surface area contributed by atoms with Gasteiger partial charge in [0, 0.05) is 6.54 Å². The molecule has 22 heavy (non-hydrogen) atoms. The monoisotopic (exact) mass is 315 g/mol. The van der Waals surface area contributed by atoms with Crippen molar-refractivity contribution in [3.63, 3.8) is 0 Å². The molecule has 1 aromatic rings. The van der Waals surface area contributed by atoms with Gasteiger partial charge >= 0.3 is 12.6 Å². The van der Waals surface area contributed by atoms with Crippen LogP contribution >= 0.6 is 0 Å². The number of rotatable bonds is 6. The summed E-state index contributed by atoms with van der Waals surface area (Å²) < 4.78 is 33.6. The maximum atomic E-state index is 12.1. The average Bonchev–Trinajstić information content (AvgIpc) is 2.94. The molecule has 2 rings (SSSR count). The molecule has 0 aliphatic carbocycles. The van der Waals surface area contributed by atoms with Crippen molar-refractivity contribution >= 4 is 11.9 Å². The van der Waals surface area contributed by atoms with E-state index in [9.17, 15) is 18.4 Å². The second kappa shape index (κ2) is 7.17. The quantitative estimate of drug-likeness (QED) is 0.832. The van der Waals surface area contributed by atoms with Crippen LogP contribution in [0.15, 0.2) is 24.3 Å². The second-order valence-corrected chi connectivity index (χ2v) is 4.77. The van der Waals surface area contributed by atoms with Gasteiger partial charge < -0.3 is 19.9 Å². The fraction of sp³-hybridized carbons (Fsp3) is 0.429. The van der Waals surface area contributed by atoms with Gasteiger partial charge in [-0.05, 0) is 30.5 Å². The number of hydrogen-bond acceptors (Lipinski definition) is 4. The summed E-state index contributed by atoms with van der Waals surface area (Å²) in [5.74, 6) is -1.51. The fourth-order valence-electron chi connectivity index (χ4n) is 2.15. The summed E-state index contributed by atoms with van der Waals surface area (Å²) in [6.07, 6.45) is -1.15. The van der Waals surface area contributed by atoms with Crippen molar-refractivity contribution in [1.29, 1.82) is 0 Å². The minimum atomic E-state index is -2.91. The molecule has 1 saturated heterocycles. The first kappa shape index (κ1) is 16.2. The fourth-order valence-corrected chi connectivity index (χ4v) is 2.15. The van der Waals surface area contributed by atoms with Gasteiger partial charge in [-0.2, -0.15) is 8.78 Å². The molecule has 1 amide bonds. The smallest absolute Gasteiger partial charge is 0.387 e. The van der Waals surface area contributed by atoms with Gasteiger partial charge in [0.25, 0.3) is 0 Å². The summed E-state index contributed by atoms with van der Waals surface area (Å²) in [6.45, 7) is -2.80. The molecule has 120 valence electrons. The van der Waals surface area contributed by atoms with E-state index in [1.807, 2.05) is 0 Å². The van der Waals surface area contributed by atoms with Gasteiger partial charge in [0.15, 0.2) is 6.10 Å². The molecule has 2 N–H and O–H groups in total. The van der Waals surface area contributed by atoms with Crippen LogP contribution in [0.2, 0.25) is 0 Å². The number of amides is 1. The largest absolute Gasteiger partial charge is 0.479 e. The summed E-state index contributed by atoms with van der Waals surface area (Å²) in [5, 5.41) is 11.4. The normalized spacial score (nSPS) is 20.9. The lowest BCUT2D eigenvalue weighted by atomic mass is 10.1. The second-order valence-electron chi connectivity index (χ2n) is 4.77. The van der Waals surface area contributed by atoms with Crippen LogP contribution in [-0.4, -0.2) is 35.8 Å². The number of alkyl halides is 2. The summed E-state index contributed by atoms with van der Waals surface area (Å²) in [5.41, 5.74) is 0.583. The Hall–Kier alpha value is -2.22. The Balaban J connectivity index is 1.85. The van der Waals surface area contributed by atoms with Gasteiger partial charge in [-0.15, -0.1) is 0 Å². The third kappa shape index (κ3) is 4.39. The summed E-state index contributed by atoms with van der Waals surface area (Å²) in [4.78, 5) is 22.6. The zero-order valence-electron chi connectivity index (χ0n) is 11.5. The maximum Gasteiger partial charge on any atom is 0.387 e. The van der Waals surface area contributed by atoms with E-state index in [0.717, 1.165) is 0 Å². The molecule has 8 heteroatoms. The third-order valence-corrected chi connectivity index (χ3v) is 3.18. The van der Waals surface area contributed by atoms with E-state index in [0.29, 0.717) is 12.0 Å². The van der Waals surface area contributed by atoms with E-state index in [1.54, 1.807) is 6.07 Å². The SMILES string of the molecule is O=C(NCc1cccc(OC(F)F)c1)[C@@H]1CC[C@H](C(=O)O)O1. The molecule has 2 atom stereocenters. The summed E-state index contributed by atoms with van der Waals surface area (Å²) in [7, 11) is 0. The highest BCUT2D eigenvalue weighted by Crippen LogP contribution is 2.20. The highest BCUT2D eigenvalue weighted by atomic mass is 19.3. The Kier molecular flexibility index (Phi) is 5.26. The Labute approximate surface area is 125 Å². The zero-order valence-corrected chi connectivity index (χ0v) is 11.5. The number of carboxylic acids is 1. The number of benzene rings is 1. The highest BCUT2D eigenvalue weighted by molar-refractivity contribution is 5.82. The van der Waals surface area contributed by atoms with Crippen molar-refractivity contribution in [2.75, 3.05) is 0 Å². The molecule has 6 nitrogen and oxygen atoms in total. The Morgan fingerprint density at radius 1 is 1.36 bits per heavy atom. The van der Waals surface area contributed by atoms with Crippen molar-refractivity contribution in [3.05, 3.63) is 29.8 Å². The van der Waals surface area contributed by atoms with E-state index in [4.69, 9.17) is 9.84 Å². The minimum absolute atomic E-state index is 0.00445. The molecule has 1 heterocycles. The number of nitrogens with one attached hydrogen (secondary N) is 1. The molecular weight excluding hydrogens is 300 g/mol. The van der Waals surface area contributed by atoms with Crippen molar-refractivity contribution in [2.24, 2.45) is 0 Å². The molecule has 0 bridgehead atoms. The predicted molar refractivity (Wildman–Crippen MR) is 70.5 cm³/mol. The third-order valence-electron chi connectivity index (χ3n) is 3.18. The molecule has 1 aliphatic rings. The molecular formula is C14H15F2NO5. The maximum absolute atomic E-state index is 12.1. The van der Waals surface area contributed by atoms with E-state index in [1.165, 1.54) is 18.2 Å². The number of carbonyl (C=O) groups is 2. The molecule has 0 spiro atoms. The Bertz CT molecular complexity index is 552. The van der Waals surface area contributed by atoms with Crippen molar-refractivity contribution in [3.8, 4) is 5.75 Å². The number of aliphatic carboxylic acids is 1. The topological polar surface area (TPSA) is 84.9 Å². The lowest BCUT2D eigenvalue weighted by molar-refractivity contribution is -0.151. The summed E-state index contributed by atoms with van der Waals surface area (Å²) in [6, 6.07) is 5.96. The predicted octanol–water partition coefficient (Wildman–Crippen LogP) is 1.54. The first-order chi connectivity index (χ1) is 10.5. The molecule has 0 saturated carbocycles. The first-order valence-corrected chi connectivity index (χ1v) is 6.65. The molecule has 1 aromatic carbocycles.